The zero-order chi connectivity index (χ0) is 97.5. The minimum atomic E-state index is -0.727. The molecule has 138 heavy (non-hydrogen) atoms. The van der Waals surface area contributed by atoms with Crippen LogP contribution in [0.25, 0.3) is 94.9 Å². The maximum atomic E-state index is 15.0. The number of hydrogen-bond acceptors (Lipinski definition) is 35. The lowest BCUT2D eigenvalue weighted by Gasteiger charge is -2.23. The van der Waals surface area contributed by atoms with Gasteiger partial charge in [0.2, 0.25) is 17.5 Å². The van der Waals surface area contributed by atoms with Gasteiger partial charge in [-0.1, -0.05) is 142 Å². The van der Waals surface area contributed by atoms with E-state index in [-0.39, 0.29) is 121 Å². The smallest absolute Gasteiger partial charge is 0.286 e. The van der Waals surface area contributed by atoms with Gasteiger partial charge in [-0.05, 0) is 125 Å². The zero-order valence-electron chi connectivity index (χ0n) is 75.9. The van der Waals surface area contributed by atoms with Crippen LogP contribution in [0.3, 0.4) is 0 Å². The van der Waals surface area contributed by atoms with Crippen molar-refractivity contribution in [3.05, 3.63) is 237 Å². The van der Waals surface area contributed by atoms with Gasteiger partial charge in [0, 0.05) is 44.1 Å². The quantitative estimate of drug-likeness (QED) is 0.0243. The molecule has 20 rings (SSSR count). The van der Waals surface area contributed by atoms with Crippen LogP contribution in [-0.4, -0.2) is 134 Å². The van der Waals surface area contributed by atoms with Gasteiger partial charge in [-0.15, -0.1) is 0 Å². The monoisotopic (exact) mass is 1950 g/mol. The normalized spacial score (nSPS) is 13.9. The molecule has 0 spiro atoms. The first kappa shape index (κ1) is 94.3. The number of nitrogens with one attached hydrogen (secondary N) is 4. The third-order valence-electron chi connectivity index (χ3n) is 23.1. The van der Waals surface area contributed by atoms with E-state index in [1.165, 1.54) is 57.7 Å². The summed E-state index contributed by atoms with van der Waals surface area (Å²) in [7, 11) is 3.28. The number of nitrogens with two attached hydrogens (primary N) is 5. The van der Waals surface area contributed by atoms with E-state index in [1.54, 1.807) is 113 Å². The van der Waals surface area contributed by atoms with Gasteiger partial charge in [0.15, 0.2) is 17.5 Å². The minimum Gasteiger partial charge on any atom is -0.383 e. The molecule has 0 radical (unpaired) electrons. The molecule has 0 bridgehead atoms. The summed E-state index contributed by atoms with van der Waals surface area (Å²) >= 11 is 25.4. The molecule has 12 heterocycles. The van der Waals surface area contributed by atoms with Gasteiger partial charge < -0.3 is 59.0 Å². The van der Waals surface area contributed by atoms with Crippen molar-refractivity contribution in [2.75, 3.05) is 44.2 Å². The number of carbonyl (C=O) groups excluding carboxylic acids is 1. The van der Waals surface area contributed by atoms with E-state index in [0.717, 1.165) is 38.5 Å². The van der Waals surface area contributed by atoms with E-state index in [4.69, 9.17) is 104 Å². The number of halogens is 5. The number of fused-ring (bicyclic) bond motifs is 4. The molecule has 14 N–H and O–H groups in total. The summed E-state index contributed by atoms with van der Waals surface area (Å²) in [6.45, 7) is 15.7. The highest BCUT2D eigenvalue weighted by Gasteiger charge is 2.37. The van der Waals surface area contributed by atoms with Gasteiger partial charge in [0.05, 0.1) is 93.6 Å². The van der Waals surface area contributed by atoms with Crippen LogP contribution in [0.1, 0.15) is 213 Å². The first-order valence-electron chi connectivity index (χ1n) is 44.2. The molecule has 0 unspecified atom stereocenters. The fourth-order valence-electron chi connectivity index (χ4n) is 15.8. The number of aryl methyl sites for hydroxylation is 2. The average Bonchev–Trinajstić information content (AvgIpc) is 1.62. The zero-order valence-corrected chi connectivity index (χ0v) is 79.0. The molecule has 0 saturated heterocycles. The number of nitrogens with zero attached hydrogens (tertiary/aromatic N) is 26. The van der Waals surface area contributed by atoms with Gasteiger partial charge in [-0.3, -0.25) is 46.9 Å². The SMILES string of the molecule is CC(C)c1noc(-c2c(N)ncnc2N[C@@H](C)c2nc3cccc(Cl)c3c(=O)n2C2CC2)n1.CC[C@H](Nc1ncnc(N)c1-c1nc(C(N)=O)n(C)n1)c1nc2cccc(Cl)c2c(=O)n1C1CC1.CC[C@H](Nc1ncnc(N)c1-c1ncn(C)n1)c1nc2cccc(Cl)c2c(=O)n1-c1ccccc1F.CC[C@H](Nc1ncnc(N)c1-c1noc(C(C)C)n1)c1nc2cccc(Cl)c2c(=O)n1C1CC1. The van der Waals surface area contributed by atoms with Crippen LogP contribution in [0.5, 0.6) is 0 Å². The van der Waals surface area contributed by atoms with E-state index in [0.29, 0.717) is 159 Å². The fourth-order valence-corrected chi connectivity index (χ4v) is 16.8. The van der Waals surface area contributed by atoms with Gasteiger partial charge in [0.1, 0.15) is 130 Å². The Morgan fingerprint density at radius 3 is 1.25 bits per heavy atom. The number of benzene rings is 5. The number of carbonyl (C=O) groups is 1. The van der Waals surface area contributed by atoms with Crippen LogP contribution in [-0.2, 0) is 14.1 Å². The second kappa shape index (κ2) is 39.4. The molecular weight excluding hydrogens is 1860 g/mol. The van der Waals surface area contributed by atoms with Crippen LogP contribution in [0.2, 0.25) is 20.1 Å². The first-order chi connectivity index (χ1) is 66.4. The van der Waals surface area contributed by atoms with Crippen molar-refractivity contribution < 1.29 is 18.2 Å². The van der Waals surface area contributed by atoms with Crippen molar-refractivity contribution >= 4 is 142 Å². The first-order valence-corrected chi connectivity index (χ1v) is 45.7. The highest BCUT2D eigenvalue weighted by atomic mass is 35.5. The molecule has 3 saturated carbocycles. The summed E-state index contributed by atoms with van der Waals surface area (Å²) in [6, 6.07) is 25.4. The summed E-state index contributed by atoms with van der Waals surface area (Å²) < 4.78 is 35.1. The molecule has 5 aromatic carbocycles. The Kier molecular flexibility index (Phi) is 26.9. The number of rotatable bonds is 26. The Bertz CT molecular complexity index is 7820. The topological polar surface area (TPSA) is 577 Å². The standard InChI is InChI=1S/C24H21ClFN9O.C23H25ClN8O2.C22H23ClN10O2.C22H23ClN8O2/c1-3-15(31-21-19(20(27)28-11-29-21)22-30-12-34(2)33-22)23-32-16-9-6-7-13(25)18(16)24(36)35(23)17-10-5-4-8-14(17)26;1-4-14(21-29-15-7-5-6-13(24)16(15)23(33)32(21)12-8-9-12)28-19-17(18(25)26-10-27-19)20-30-22(11(2)3)34-31-20;1-3-12(20-29-13-6-4-5-11(23)14(13)22(35)33(20)10-7-8-10)28-18-15(16(24)26-9-27-18)19-30-21(17(25)34)32(2)31-19;1-10(2)18-29-21(33-30-18)16-17(24)25-9-26-19(16)27-11(3)20-28-14-6-4-5-13(23)15(14)22(32)31(20)12-7-8-12/h4-12,15H,3H2,1-2H3,(H3,27,28,29,31);5-7,10-12,14H,4,8-9H2,1-3H3,(H3,25,26,27,28);4-6,9-10,12H,3,7-8H2,1-2H3,(H2,25,34)(H3,24,26,27,28);4-6,9-12H,7-8H2,1-3H3,(H3,24,25,26,27)/t15-;14-;12-;11-/m0000/s1. The molecule has 708 valence electrons. The number of nitrogen functional groups attached to an aromatic ring is 4. The molecule has 0 aliphatic heterocycles. The van der Waals surface area contributed by atoms with Crippen LogP contribution >= 0.6 is 46.4 Å². The largest absolute Gasteiger partial charge is 0.383 e. The highest BCUT2D eigenvalue weighted by Crippen LogP contribution is 2.44. The van der Waals surface area contributed by atoms with Crippen molar-refractivity contribution in [2.24, 2.45) is 19.8 Å². The number of aromatic nitrogens is 26. The Labute approximate surface area is 803 Å². The maximum absolute atomic E-state index is 15.0. The fraction of sp³-hybridized carbons (Fsp3) is 0.308. The van der Waals surface area contributed by atoms with E-state index in [1.807, 2.05) is 55.4 Å². The molecule has 47 heteroatoms. The van der Waals surface area contributed by atoms with Crippen molar-refractivity contribution in [3.8, 4) is 51.3 Å². The Morgan fingerprint density at radius 1 is 0.442 bits per heavy atom. The molecule has 4 atom stereocenters. The van der Waals surface area contributed by atoms with E-state index < -0.39 is 29.4 Å². The number of primary amides is 1. The van der Waals surface area contributed by atoms with Gasteiger partial charge in [0.25, 0.3) is 34.0 Å². The maximum Gasteiger partial charge on any atom is 0.286 e. The van der Waals surface area contributed by atoms with Crippen LogP contribution in [0.15, 0.2) is 157 Å². The lowest BCUT2D eigenvalue weighted by atomic mass is 10.1. The van der Waals surface area contributed by atoms with Crippen LogP contribution < -0.4 is 72.2 Å². The van der Waals surface area contributed by atoms with Gasteiger partial charge in [-0.25, -0.2) is 78.8 Å². The molecule has 3 fully saturated rings. The molecule has 17 aromatic rings. The highest BCUT2D eigenvalue weighted by molar-refractivity contribution is 6.36. The third-order valence-corrected chi connectivity index (χ3v) is 24.4. The predicted octanol–water partition coefficient (Wildman–Crippen LogP) is 14.7. The van der Waals surface area contributed by atoms with Crippen LogP contribution in [0, 0.1) is 5.82 Å². The molecule has 3 aliphatic carbocycles. The van der Waals surface area contributed by atoms with Gasteiger partial charge >= 0.3 is 0 Å². The number of hydrogen-bond donors (Lipinski definition) is 9. The van der Waals surface area contributed by atoms with E-state index >= 15 is 0 Å². The van der Waals surface area contributed by atoms with Crippen molar-refractivity contribution in [1.29, 1.82) is 0 Å². The minimum absolute atomic E-state index is 0.0307. The average molecular weight is 1950 g/mol. The summed E-state index contributed by atoms with van der Waals surface area (Å²) in [5.41, 5.74) is 32.8. The summed E-state index contributed by atoms with van der Waals surface area (Å²) in [5, 5.41) is 33.0. The predicted molar refractivity (Wildman–Crippen MR) is 521 cm³/mol. The van der Waals surface area contributed by atoms with E-state index in [2.05, 4.69) is 102 Å². The summed E-state index contributed by atoms with van der Waals surface area (Å²) in [4.78, 5) is 136. The molecule has 3 aliphatic rings. The summed E-state index contributed by atoms with van der Waals surface area (Å²) in [5.74, 6) is 5.22. The van der Waals surface area contributed by atoms with Crippen molar-refractivity contribution in [1.82, 2.24) is 128 Å². The summed E-state index contributed by atoms with van der Waals surface area (Å²) in [6.07, 6.45) is 14.0. The Balaban J connectivity index is 0.000000127. The number of amides is 1. The Hall–Kier alpha value is -15.5. The number of anilines is 8. The third kappa shape index (κ3) is 18.9. The molecular formula is C91H92Cl4FN35O7. The van der Waals surface area contributed by atoms with Gasteiger partial charge in [-0.2, -0.15) is 20.2 Å². The Morgan fingerprint density at radius 2 is 0.848 bits per heavy atom. The molecule has 12 aromatic heterocycles. The molecule has 1 amide bonds. The number of para-hydroxylation sites is 1. The van der Waals surface area contributed by atoms with Crippen molar-refractivity contribution in [2.45, 2.75) is 167 Å². The molecule has 42 nitrogen and oxygen atoms in total. The lowest BCUT2D eigenvalue weighted by molar-refractivity contribution is 0.0986. The second-order valence-electron chi connectivity index (χ2n) is 33.6. The second-order valence-corrected chi connectivity index (χ2v) is 35.2. The lowest BCUT2D eigenvalue weighted by Crippen LogP contribution is -2.29. The van der Waals surface area contributed by atoms with Crippen LogP contribution in [0.4, 0.5) is 50.9 Å². The van der Waals surface area contributed by atoms with Crippen molar-refractivity contribution in [3.63, 3.8) is 0 Å². The van der Waals surface area contributed by atoms with E-state index in [9.17, 15) is 28.4 Å².